The van der Waals surface area contributed by atoms with Crippen molar-refractivity contribution in [1.82, 2.24) is 14.5 Å². The highest BCUT2D eigenvalue weighted by atomic mass is 35.5. The fourth-order valence-electron chi connectivity index (χ4n) is 3.54. The predicted octanol–water partition coefficient (Wildman–Crippen LogP) is 3.34. The zero-order valence-electron chi connectivity index (χ0n) is 16.1. The average Bonchev–Trinajstić information content (AvgIpc) is 3.15. The van der Waals surface area contributed by atoms with Crippen molar-refractivity contribution in [3.05, 3.63) is 87.4 Å². The first-order valence-electron chi connectivity index (χ1n) is 9.50. The predicted molar refractivity (Wildman–Crippen MR) is 114 cm³/mol. The molecule has 1 fully saturated rings. The van der Waals surface area contributed by atoms with Crippen molar-refractivity contribution in [2.24, 2.45) is 0 Å². The molecular formula is C21H20ClN5O3. The number of halogens is 1. The first-order valence-corrected chi connectivity index (χ1v) is 9.88. The van der Waals surface area contributed by atoms with E-state index in [1.807, 2.05) is 16.7 Å². The average molecular weight is 426 g/mol. The highest BCUT2D eigenvalue weighted by Gasteiger charge is 2.25. The Bertz CT molecular complexity index is 1070. The lowest BCUT2D eigenvalue weighted by atomic mass is 10.2. The first kappa shape index (κ1) is 20.1. The second-order valence-electron chi connectivity index (χ2n) is 7.17. The van der Waals surface area contributed by atoms with E-state index in [0.717, 1.165) is 23.5 Å². The molecule has 154 valence electrons. The Morgan fingerprint density at radius 3 is 2.60 bits per heavy atom. The number of nitrogens with zero attached hydrogens (tertiary/aromatic N) is 5. The van der Waals surface area contributed by atoms with Crippen LogP contribution in [0.4, 0.5) is 11.4 Å². The van der Waals surface area contributed by atoms with Gasteiger partial charge in [-0.2, -0.15) is 0 Å². The lowest BCUT2D eigenvalue weighted by Crippen LogP contribution is -2.50. The Kier molecular flexibility index (Phi) is 5.78. The Hall–Kier alpha value is -3.23. The lowest BCUT2D eigenvalue weighted by molar-refractivity contribution is -0.384. The smallest absolute Gasteiger partial charge is 0.269 e. The molecule has 0 radical (unpaired) electrons. The number of benzene rings is 2. The molecule has 30 heavy (non-hydrogen) atoms. The van der Waals surface area contributed by atoms with E-state index in [-0.39, 0.29) is 11.6 Å². The van der Waals surface area contributed by atoms with Crippen LogP contribution in [0.25, 0.3) is 0 Å². The third kappa shape index (κ3) is 4.50. The van der Waals surface area contributed by atoms with Gasteiger partial charge in [0.2, 0.25) is 5.91 Å². The minimum absolute atomic E-state index is 0.0324. The van der Waals surface area contributed by atoms with Gasteiger partial charge in [0.1, 0.15) is 0 Å². The molecule has 4 rings (SSSR count). The summed E-state index contributed by atoms with van der Waals surface area (Å²) in [6.45, 7) is 2.80. The minimum atomic E-state index is -0.410. The van der Waals surface area contributed by atoms with Crippen LogP contribution >= 0.6 is 11.6 Å². The van der Waals surface area contributed by atoms with Crippen LogP contribution in [-0.4, -0.2) is 44.9 Å². The Morgan fingerprint density at radius 1 is 1.10 bits per heavy atom. The zero-order valence-corrected chi connectivity index (χ0v) is 16.9. The van der Waals surface area contributed by atoms with E-state index in [9.17, 15) is 14.9 Å². The number of non-ortho nitro benzene ring substituents is 1. The van der Waals surface area contributed by atoms with Crippen LogP contribution in [0.2, 0.25) is 5.02 Å². The van der Waals surface area contributed by atoms with Gasteiger partial charge in [-0.25, -0.2) is 4.98 Å². The second-order valence-corrected chi connectivity index (χ2v) is 7.61. The van der Waals surface area contributed by atoms with Gasteiger partial charge in [0.05, 0.1) is 23.5 Å². The first-order chi connectivity index (χ1) is 14.5. The summed E-state index contributed by atoms with van der Waals surface area (Å²) in [5.41, 5.74) is 2.81. The summed E-state index contributed by atoms with van der Waals surface area (Å²) in [6, 6.07) is 13.8. The summed E-state index contributed by atoms with van der Waals surface area (Å²) in [6.07, 6.45) is 3.53. The molecule has 1 aliphatic rings. The molecule has 8 nitrogen and oxygen atoms in total. The van der Waals surface area contributed by atoms with Crippen molar-refractivity contribution in [3.63, 3.8) is 0 Å². The van der Waals surface area contributed by atoms with Crippen molar-refractivity contribution in [1.29, 1.82) is 0 Å². The normalized spacial score (nSPS) is 14.8. The molecule has 1 amide bonds. The van der Waals surface area contributed by atoms with Crippen LogP contribution < -0.4 is 4.90 Å². The molecule has 1 aromatic heterocycles. The zero-order chi connectivity index (χ0) is 21.1. The van der Waals surface area contributed by atoms with E-state index in [0.29, 0.717) is 31.2 Å². The maximum atomic E-state index is 12.7. The summed E-state index contributed by atoms with van der Waals surface area (Å²) < 4.78 is 2.00. The van der Waals surface area contributed by atoms with Gasteiger partial charge in [0.25, 0.3) is 5.69 Å². The van der Waals surface area contributed by atoms with Crippen molar-refractivity contribution in [2.45, 2.75) is 13.1 Å². The molecular weight excluding hydrogens is 406 g/mol. The maximum absolute atomic E-state index is 12.7. The number of rotatable bonds is 6. The number of nitro benzene ring substituents is 1. The Morgan fingerprint density at radius 2 is 1.90 bits per heavy atom. The number of amides is 1. The molecule has 1 aliphatic heterocycles. The van der Waals surface area contributed by atoms with Gasteiger partial charge >= 0.3 is 0 Å². The quantitative estimate of drug-likeness (QED) is 0.446. The number of anilines is 1. The van der Waals surface area contributed by atoms with Crippen LogP contribution in [-0.2, 0) is 17.9 Å². The number of nitro groups is 1. The monoisotopic (exact) mass is 425 g/mol. The van der Waals surface area contributed by atoms with E-state index in [1.54, 1.807) is 41.7 Å². The SMILES string of the molecule is O=C1CN(Cc2cncn2Cc2ccc([N+](=O)[O-])cc2)CCN1c1cccc(Cl)c1. The van der Waals surface area contributed by atoms with Gasteiger partial charge in [-0.1, -0.05) is 29.8 Å². The summed E-state index contributed by atoms with van der Waals surface area (Å²) in [4.78, 5) is 31.2. The van der Waals surface area contributed by atoms with Crippen molar-refractivity contribution in [3.8, 4) is 0 Å². The third-order valence-corrected chi connectivity index (χ3v) is 5.34. The van der Waals surface area contributed by atoms with E-state index < -0.39 is 4.92 Å². The van der Waals surface area contributed by atoms with Crippen LogP contribution in [0.15, 0.2) is 61.1 Å². The number of carbonyl (C=O) groups is 1. The minimum Gasteiger partial charge on any atom is -0.329 e. The molecule has 1 saturated heterocycles. The number of aromatic nitrogens is 2. The largest absolute Gasteiger partial charge is 0.329 e. The van der Waals surface area contributed by atoms with Gasteiger partial charge in [-0.05, 0) is 23.8 Å². The molecule has 0 bridgehead atoms. The Labute approximate surface area is 178 Å². The molecule has 0 spiro atoms. The molecule has 0 unspecified atom stereocenters. The van der Waals surface area contributed by atoms with Crippen LogP contribution in [0.3, 0.4) is 0 Å². The van der Waals surface area contributed by atoms with Crippen LogP contribution in [0.5, 0.6) is 0 Å². The topological polar surface area (TPSA) is 84.5 Å². The van der Waals surface area contributed by atoms with E-state index in [2.05, 4.69) is 9.88 Å². The van der Waals surface area contributed by atoms with Gasteiger partial charge in [0, 0.05) is 55.2 Å². The molecule has 0 atom stereocenters. The number of hydrogen-bond donors (Lipinski definition) is 0. The number of carbonyl (C=O) groups excluding carboxylic acids is 1. The molecule has 0 aliphatic carbocycles. The van der Waals surface area contributed by atoms with Crippen LogP contribution in [0.1, 0.15) is 11.3 Å². The number of hydrogen-bond acceptors (Lipinski definition) is 5. The fraction of sp³-hybridized carbons (Fsp3) is 0.238. The molecule has 0 N–H and O–H groups in total. The number of imidazole rings is 1. The summed E-state index contributed by atoms with van der Waals surface area (Å²) in [5, 5.41) is 11.4. The van der Waals surface area contributed by atoms with E-state index >= 15 is 0 Å². The third-order valence-electron chi connectivity index (χ3n) is 5.10. The van der Waals surface area contributed by atoms with Gasteiger partial charge in [-0.3, -0.25) is 19.8 Å². The van der Waals surface area contributed by atoms with Crippen molar-refractivity contribution < 1.29 is 9.72 Å². The lowest BCUT2D eigenvalue weighted by Gasteiger charge is -2.34. The van der Waals surface area contributed by atoms with Gasteiger partial charge in [-0.15, -0.1) is 0 Å². The van der Waals surface area contributed by atoms with Gasteiger partial charge in [0.15, 0.2) is 0 Å². The summed E-state index contributed by atoms with van der Waals surface area (Å²) in [7, 11) is 0. The summed E-state index contributed by atoms with van der Waals surface area (Å²) >= 11 is 6.05. The summed E-state index contributed by atoms with van der Waals surface area (Å²) in [5.74, 6) is 0.0324. The van der Waals surface area contributed by atoms with Crippen molar-refractivity contribution >= 4 is 28.9 Å². The fourth-order valence-corrected chi connectivity index (χ4v) is 3.73. The number of piperazine rings is 1. The maximum Gasteiger partial charge on any atom is 0.269 e. The van der Waals surface area contributed by atoms with E-state index in [1.165, 1.54) is 12.1 Å². The second kappa shape index (κ2) is 8.64. The van der Waals surface area contributed by atoms with Gasteiger partial charge < -0.3 is 9.47 Å². The molecule has 3 aromatic rings. The molecule has 9 heteroatoms. The highest BCUT2D eigenvalue weighted by Crippen LogP contribution is 2.22. The standard InChI is InChI=1S/C21H20ClN5O3/c22-17-2-1-3-19(10-17)26-9-8-24(14-21(26)28)13-20-11-23-15-25(20)12-16-4-6-18(7-5-16)27(29)30/h1-7,10-11,15H,8-9,12-14H2. The van der Waals surface area contributed by atoms with Crippen LogP contribution in [0, 0.1) is 10.1 Å². The molecule has 2 heterocycles. The van der Waals surface area contributed by atoms with E-state index in [4.69, 9.17) is 11.6 Å². The molecule has 0 saturated carbocycles. The highest BCUT2D eigenvalue weighted by molar-refractivity contribution is 6.30. The Balaban J connectivity index is 1.40. The molecule has 2 aromatic carbocycles. The van der Waals surface area contributed by atoms with Crippen molar-refractivity contribution in [2.75, 3.05) is 24.5 Å².